The van der Waals surface area contributed by atoms with Gasteiger partial charge < -0.3 is 10.4 Å². The maximum absolute atomic E-state index is 14.9. The van der Waals surface area contributed by atoms with E-state index in [0.29, 0.717) is 11.1 Å². The molecule has 3 aromatic rings. The second-order valence-corrected chi connectivity index (χ2v) is 7.95. The van der Waals surface area contributed by atoms with E-state index >= 15 is 0 Å². The lowest BCUT2D eigenvalue weighted by atomic mass is 9.98. The number of hydrogen-bond donors (Lipinski definition) is 2. The van der Waals surface area contributed by atoms with Gasteiger partial charge in [0.2, 0.25) is 0 Å². The number of benzene rings is 2. The molecule has 2 N–H and O–H groups in total. The van der Waals surface area contributed by atoms with Crippen molar-refractivity contribution in [1.29, 1.82) is 0 Å². The fourth-order valence-corrected chi connectivity index (χ4v) is 3.81. The van der Waals surface area contributed by atoms with Crippen molar-refractivity contribution in [2.75, 3.05) is 13.2 Å². The number of halogens is 4. The van der Waals surface area contributed by atoms with E-state index in [1.165, 1.54) is 42.6 Å². The van der Waals surface area contributed by atoms with Gasteiger partial charge in [0.15, 0.2) is 0 Å². The van der Waals surface area contributed by atoms with Crippen LogP contribution >= 0.6 is 0 Å². The Morgan fingerprint density at radius 3 is 2.49 bits per heavy atom. The van der Waals surface area contributed by atoms with Gasteiger partial charge in [0.25, 0.3) is 5.91 Å². The Morgan fingerprint density at radius 2 is 1.77 bits per heavy atom. The molecule has 0 radical (unpaired) electrons. The molecule has 2 aromatic carbocycles. The van der Waals surface area contributed by atoms with E-state index in [-0.39, 0.29) is 35.5 Å². The number of hydrogen-bond acceptors (Lipinski definition) is 4. The Hall–Kier alpha value is -3.85. The molecule has 35 heavy (non-hydrogen) atoms. The van der Waals surface area contributed by atoms with Crippen LogP contribution in [-0.4, -0.2) is 47.1 Å². The van der Waals surface area contributed by atoms with E-state index in [2.05, 4.69) is 15.3 Å². The van der Waals surface area contributed by atoms with Gasteiger partial charge in [-0.25, -0.2) is 17.6 Å². The Bertz CT molecular complexity index is 1290. The largest absolute Gasteiger partial charge is 0.393 e. The van der Waals surface area contributed by atoms with Crippen LogP contribution in [0.1, 0.15) is 27.2 Å². The van der Waals surface area contributed by atoms with Crippen LogP contribution in [0.25, 0.3) is 5.57 Å². The molecule has 0 saturated carbocycles. The van der Waals surface area contributed by atoms with Crippen LogP contribution in [-0.2, 0) is 6.42 Å². The molecule has 1 amide bonds. The molecule has 1 aromatic heterocycles. The average Bonchev–Trinajstić information content (AvgIpc) is 3.34. The highest BCUT2D eigenvalue weighted by molar-refractivity contribution is 6.19. The number of aliphatic hydroxyl groups is 1. The van der Waals surface area contributed by atoms with Gasteiger partial charge in [-0.15, -0.1) is 0 Å². The maximum atomic E-state index is 14.9. The first-order chi connectivity index (χ1) is 16.9. The van der Waals surface area contributed by atoms with Crippen LogP contribution < -0.4 is 5.32 Å². The highest BCUT2D eigenvalue weighted by Gasteiger charge is 2.28. The zero-order valence-electron chi connectivity index (χ0n) is 18.4. The molecule has 0 aliphatic carbocycles. The predicted molar refractivity (Wildman–Crippen MR) is 123 cm³/mol. The fraction of sp³-hybridized carbons (Fsp3) is 0.192. The number of carbonyl (C=O) groups is 1. The second-order valence-electron chi connectivity index (χ2n) is 7.95. The molecule has 0 fully saturated rings. The Morgan fingerprint density at radius 1 is 1.03 bits per heavy atom. The van der Waals surface area contributed by atoms with Crippen molar-refractivity contribution in [1.82, 2.24) is 10.3 Å². The topological polar surface area (TPSA) is 74.6 Å². The zero-order chi connectivity index (χ0) is 24.9. The van der Waals surface area contributed by atoms with E-state index in [1.807, 2.05) is 0 Å². The number of amides is 1. The molecular weight excluding hydrogens is 462 g/mol. The van der Waals surface area contributed by atoms with Gasteiger partial charge in [-0.1, -0.05) is 18.2 Å². The summed E-state index contributed by atoms with van der Waals surface area (Å²) in [6, 6.07) is 10.8. The number of rotatable bonds is 8. The van der Waals surface area contributed by atoms with E-state index in [4.69, 9.17) is 0 Å². The number of aliphatic hydroxyl groups excluding tert-OH is 1. The summed E-state index contributed by atoms with van der Waals surface area (Å²) in [5.74, 6) is -2.60. The van der Waals surface area contributed by atoms with Crippen molar-refractivity contribution in [3.63, 3.8) is 0 Å². The fourth-order valence-electron chi connectivity index (χ4n) is 3.81. The molecule has 2 heterocycles. The molecule has 0 unspecified atom stereocenters. The summed E-state index contributed by atoms with van der Waals surface area (Å²) in [5.41, 5.74) is 1.36. The monoisotopic (exact) mass is 483 g/mol. The van der Waals surface area contributed by atoms with Gasteiger partial charge in [-0.2, -0.15) is 0 Å². The number of allylic oxidation sites excluding steroid dienone is 1. The van der Waals surface area contributed by atoms with Crippen molar-refractivity contribution in [3.05, 3.63) is 107 Å². The molecular formula is C26H21F4N3O2. The second kappa shape index (κ2) is 10.6. The number of nitrogens with zero attached hydrogens (tertiary/aromatic N) is 2. The third-order valence-electron chi connectivity index (χ3n) is 5.64. The van der Waals surface area contributed by atoms with Gasteiger partial charge in [0.05, 0.1) is 36.2 Å². The minimum Gasteiger partial charge on any atom is -0.393 e. The lowest BCUT2D eigenvalue weighted by Gasteiger charge is -2.22. The molecule has 2 atom stereocenters. The first kappa shape index (κ1) is 24.3. The standard InChI is InChI=1S/C26H21F4N3O2/c27-17-8-6-15(7-9-17)16-11-24(32-13-16)25-18(3-1-4-20(25)29)26(35)33-23(21(30)14-34)12-22-19(28)5-2-10-31-22/h1-11,21,23,34H,12-14H2,(H,33,35)/t21-,23-/m1/s1. The van der Waals surface area contributed by atoms with Crippen LogP contribution in [0.4, 0.5) is 17.6 Å². The van der Waals surface area contributed by atoms with Crippen LogP contribution in [0, 0.1) is 17.5 Å². The van der Waals surface area contributed by atoms with Crippen LogP contribution in [0.5, 0.6) is 0 Å². The number of alkyl halides is 1. The summed E-state index contributed by atoms with van der Waals surface area (Å²) < 4.78 is 56.7. The van der Waals surface area contributed by atoms with E-state index in [1.54, 1.807) is 18.2 Å². The van der Waals surface area contributed by atoms with Crippen molar-refractivity contribution < 1.29 is 27.5 Å². The first-order valence-electron chi connectivity index (χ1n) is 10.8. The normalized spacial score (nSPS) is 14.8. The number of carbonyl (C=O) groups excluding carboxylic acids is 1. The smallest absolute Gasteiger partial charge is 0.252 e. The maximum Gasteiger partial charge on any atom is 0.252 e. The van der Waals surface area contributed by atoms with E-state index in [0.717, 1.165) is 6.07 Å². The van der Waals surface area contributed by atoms with E-state index < -0.39 is 42.2 Å². The molecule has 1 aliphatic heterocycles. The molecule has 4 rings (SSSR count). The van der Waals surface area contributed by atoms with Crippen LogP contribution in [0.15, 0.2) is 71.9 Å². The molecule has 0 saturated heterocycles. The summed E-state index contributed by atoms with van der Waals surface area (Å²) >= 11 is 0. The zero-order valence-corrected chi connectivity index (χ0v) is 18.4. The third-order valence-corrected chi connectivity index (χ3v) is 5.64. The number of aliphatic imine (C=N–C) groups is 1. The average molecular weight is 483 g/mol. The first-order valence-corrected chi connectivity index (χ1v) is 10.8. The Balaban J connectivity index is 1.61. The lowest BCUT2D eigenvalue weighted by molar-refractivity contribution is 0.0867. The summed E-state index contributed by atoms with van der Waals surface area (Å²) in [6.45, 7) is -0.707. The van der Waals surface area contributed by atoms with Crippen molar-refractivity contribution in [3.8, 4) is 0 Å². The van der Waals surface area contributed by atoms with Gasteiger partial charge in [-0.05, 0) is 53.6 Å². The number of pyridine rings is 1. The van der Waals surface area contributed by atoms with Crippen molar-refractivity contribution in [2.45, 2.75) is 18.6 Å². The summed E-state index contributed by atoms with van der Waals surface area (Å²) in [4.78, 5) is 21.3. The van der Waals surface area contributed by atoms with Gasteiger partial charge in [-0.3, -0.25) is 14.8 Å². The molecule has 1 aliphatic rings. The Kier molecular flexibility index (Phi) is 7.36. The van der Waals surface area contributed by atoms with Gasteiger partial charge in [0, 0.05) is 18.2 Å². The number of nitrogens with one attached hydrogen (secondary N) is 1. The summed E-state index contributed by atoms with van der Waals surface area (Å²) in [6.07, 6.45) is 0.707. The van der Waals surface area contributed by atoms with Crippen molar-refractivity contribution >= 4 is 17.2 Å². The minimum absolute atomic E-state index is 0.0794. The molecule has 9 heteroatoms. The minimum atomic E-state index is -1.91. The van der Waals surface area contributed by atoms with E-state index in [9.17, 15) is 27.5 Å². The molecule has 0 spiro atoms. The quantitative estimate of drug-likeness (QED) is 0.475. The summed E-state index contributed by atoms with van der Waals surface area (Å²) in [7, 11) is 0. The molecule has 0 bridgehead atoms. The van der Waals surface area contributed by atoms with Crippen molar-refractivity contribution in [2.24, 2.45) is 4.99 Å². The highest BCUT2D eigenvalue weighted by atomic mass is 19.1. The highest BCUT2D eigenvalue weighted by Crippen LogP contribution is 2.25. The van der Waals surface area contributed by atoms with Crippen LogP contribution in [0.2, 0.25) is 0 Å². The molecule has 180 valence electrons. The number of aromatic nitrogens is 1. The third kappa shape index (κ3) is 5.46. The lowest BCUT2D eigenvalue weighted by Crippen LogP contribution is -2.45. The molecule has 5 nitrogen and oxygen atoms in total. The SMILES string of the molecule is O=C(N[C@H](Cc1ncccc1F)[C@H](F)CO)c1cccc(F)c1C1=NCC(c2ccc(F)cc2)=C1. The van der Waals surface area contributed by atoms with Gasteiger partial charge >= 0.3 is 0 Å². The van der Waals surface area contributed by atoms with Gasteiger partial charge in [0.1, 0.15) is 23.6 Å². The predicted octanol–water partition coefficient (Wildman–Crippen LogP) is 4.06. The van der Waals surface area contributed by atoms with Crippen LogP contribution in [0.3, 0.4) is 0 Å². The Labute approximate surface area is 198 Å². The summed E-state index contributed by atoms with van der Waals surface area (Å²) in [5, 5.41) is 11.7.